The van der Waals surface area contributed by atoms with Gasteiger partial charge in [0.15, 0.2) is 5.96 Å². The molecular weight excluding hydrogens is 212 g/mol. The molecule has 0 aromatic heterocycles. The smallest absolute Gasteiger partial charge is 0.195 e. The molecule has 4 heteroatoms. The highest BCUT2D eigenvalue weighted by molar-refractivity contribution is 5.79. The Balaban J connectivity index is 2.35. The Hall–Kier alpha value is -0.770. The first-order chi connectivity index (χ1) is 8.02. The average molecular weight is 240 g/mol. The summed E-state index contributed by atoms with van der Waals surface area (Å²) in [4.78, 5) is 11.3. The Morgan fingerprint density at radius 3 is 2.00 bits per heavy atom. The molecule has 0 atom stereocenters. The van der Waals surface area contributed by atoms with E-state index >= 15 is 0 Å². The quantitative estimate of drug-likeness (QED) is 0.547. The minimum Gasteiger partial charge on any atom is -0.349 e. The van der Waals surface area contributed by atoms with Crippen LogP contribution in [0.15, 0.2) is 4.99 Å². The number of nitrogens with zero attached hydrogens (tertiary/aromatic N) is 4. The van der Waals surface area contributed by atoms with Gasteiger partial charge in [0.2, 0.25) is 0 Å². The van der Waals surface area contributed by atoms with Crippen molar-refractivity contribution in [3.05, 3.63) is 0 Å². The maximum absolute atomic E-state index is 4.66. The highest BCUT2D eigenvalue weighted by Crippen LogP contribution is 2.21. The van der Waals surface area contributed by atoms with Crippen molar-refractivity contribution >= 4 is 5.96 Å². The molecule has 1 aliphatic carbocycles. The van der Waals surface area contributed by atoms with Crippen molar-refractivity contribution in [1.82, 2.24) is 14.7 Å². The molecule has 0 radical (unpaired) electrons. The monoisotopic (exact) mass is 240 g/mol. The summed E-state index contributed by atoms with van der Waals surface area (Å²) in [5.74, 6) is 1.05. The van der Waals surface area contributed by atoms with Crippen LogP contribution in [0.2, 0.25) is 0 Å². The molecule has 100 valence electrons. The number of rotatable bonds is 4. The Kier molecular flexibility index (Phi) is 5.75. The van der Waals surface area contributed by atoms with E-state index in [1.165, 1.54) is 25.7 Å². The zero-order valence-corrected chi connectivity index (χ0v) is 12.1. The molecule has 0 saturated heterocycles. The highest BCUT2D eigenvalue weighted by atomic mass is 15.3. The topological polar surface area (TPSA) is 22.1 Å². The second-order valence-electron chi connectivity index (χ2n) is 5.39. The van der Waals surface area contributed by atoms with E-state index in [0.717, 1.165) is 25.1 Å². The fourth-order valence-electron chi connectivity index (χ4n) is 2.52. The maximum atomic E-state index is 4.66. The summed E-state index contributed by atoms with van der Waals surface area (Å²) in [6.45, 7) is 1.95. The van der Waals surface area contributed by atoms with Gasteiger partial charge < -0.3 is 14.7 Å². The Bertz CT molecular complexity index is 232. The van der Waals surface area contributed by atoms with Crippen LogP contribution >= 0.6 is 0 Å². The first-order valence-electron chi connectivity index (χ1n) is 6.61. The lowest BCUT2D eigenvalue weighted by molar-refractivity contribution is 0.252. The van der Waals surface area contributed by atoms with Gasteiger partial charge in [0.1, 0.15) is 0 Å². The van der Waals surface area contributed by atoms with E-state index in [2.05, 4.69) is 26.7 Å². The normalized spacial score (nSPS) is 16.4. The van der Waals surface area contributed by atoms with Crippen molar-refractivity contribution in [1.29, 1.82) is 0 Å². The predicted octanol–water partition coefficient (Wildman–Crippen LogP) is 1.34. The van der Waals surface area contributed by atoms with E-state index in [-0.39, 0.29) is 0 Å². The zero-order chi connectivity index (χ0) is 12.8. The lowest BCUT2D eigenvalue weighted by atomic mass is 10.2. The van der Waals surface area contributed by atoms with E-state index in [4.69, 9.17) is 0 Å². The SMILES string of the molecule is CN(C)C(=NCCN(C)C1CCCC1)N(C)C. The van der Waals surface area contributed by atoms with Gasteiger partial charge in [0.25, 0.3) is 0 Å². The van der Waals surface area contributed by atoms with Crippen LogP contribution in [-0.4, -0.2) is 75.0 Å². The molecule has 17 heavy (non-hydrogen) atoms. The van der Waals surface area contributed by atoms with Gasteiger partial charge >= 0.3 is 0 Å². The van der Waals surface area contributed by atoms with Crippen LogP contribution in [0.5, 0.6) is 0 Å². The van der Waals surface area contributed by atoms with Gasteiger partial charge in [-0.15, -0.1) is 0 Å². The molecule has 4 nitrogen and oxygen atoms in total. The second kappa shape index (κ2) is 6.84. The number of hydrogen-bond donors (Lipinski definition) is 0. The standard InChI is InChI=1S/C13H28N4/c1-15(2)13(16(3)4)14-10-11-17(5)12-8-6-7-9-12/h12H,6-11H2,1-5H3. The van der Waals surface area contributed by atoms with Crippen molar-refractivity contribution in [3.63, 3.8) is 0 Å². The molecule has 1 rings (SSSR count). The molecular formula is C13H28N4. The van der Waals surface area contributed by atoms with Crippen LogP contribution in [0.3, 0.4) is 0 Å². The van der Waals surface area contributed by atoms with Crippen LogP contribution < -0.4 is 0 Å². The summed E-state index contributed by atoms with van der Waals surface area (Å²) >= 11 is 0. The number of hydrogen-bond acceptors (Lipinski definition) is 2. The number of guanidine groups is 1. The van der Waals surface area contributed by atoms with Crippen LogP contribution in [0.1, 0.15) is 25.7 Å². The van der Waals surface area contributed by atoms with Crippen LogP contribution in [0.4, 0.5) is 0 Å². The van der Waals surface area contributed by atoms with Crippen LogP contribution in [-0.2, 0) is 0 Å². The summed E-state index contributed by atoms with van der Waals surface area (Å²) in [5, 5.41) is 0. The van der Waals surface area contributed by atoms with Gasteiger partial charge in [-0.1, -0.05) is 12.8 Å². The number of aliphatic imine (C=N–C) groups is 1. The van der Waals surface area contributed by atoms with E-state index in [9.17, 15) is 0 Å². The first kappa shape index (κ1) is 14.3. The number of likely N-dealkylation sites (N-methyl/N-ethyl adjacent to an activating group) is 1. The summed E-state index contributed by atoms with van der Waals surface area (Å²) < 4.78 is 0. The highest BCUT2D eigenvalue weighted by Gasteiger charge is 2.18. The minimum absolute atomic E-state index is 0.798. The van der Waals surface area contributed by atoms with Crippen molar-refractivity contribution in [2.75, 3.05) is 48.3 Å². The minimum atomic E-state index is 0.798. The molecule has 0 amide bonds. The van der Waals surface area contributed by atoms with Gasteiger partial charge in [-0.2, -0.15) is 0 Å². The molecule has 0 bridgehead atoms. The Labute approximate surface area is 106 Å². The average Bonchev–Trinajstić information content (AvgIpc) is 2.76. The van der Waals surface area contributed by atoms with Crippen molar-refractivity contribution in [2.24, 2.45) is 4.99 Å². The molecule has 0 N–H and O–H groups in total. The second-order valence-corrected chi connectivity index (χ2v) is 5.39. The van der Waals surface area contributed by atoms with Gasteiger partial charge in [-0.25, -0.2) is 0 Å². The third kappa shape index (κ3) is 4.54. The van der Waals surface area contributed by atoms with Crippen molar-refractivity contribution < 1.29 is 0 Å². The fourth-order valence-corrected chi connectivity index (χ4v) is 2.52. The van der Waals surface area contributed by atoms with Crippen molar-refractivity contribution in [2.45, 2.75) is 31.7 Å². The van der Waals surface area contributed by atoms with Gasteiger partial charge in [-0.3, -0.25) is 4.99 Å². The Morgan fingerprint density at radius 1 is 1.00 bits per heavy atom. The predicted molar refractivity (Wildman–Crippen MR) is 74.6 cm³/mol. The lowest BCUT2D eigenvalue weighted by Crippen LogP contribution is -2.37. The van der Waals surface area contributed by atoms with Gasteiger partial charge in [0.05, 0.1) is 6.54 Å². The fraction of sp³-hybridized carbons (Fsp3) is 0.923. The van der Waals surface area contributed by atoms with Crippen molar-refractivity contribution in [3.8, 4) is 0 Å². The van der Waals surface area contributed by atoms with Crippen LogP contribution in [0.25, 0.3) is 0 Å². The maximum Gasteiger partial charge on any atom is 0.195 e. The summed E-state index contributed by atoms with van der Waals surface area (Å²) in [6, 6.07) is 0.798. The van der Waals surface area contributed by atoms with E-state index < -0.39 is 0 Å². The molecule has 1 aliphatic rings. The van der Waals surface area contributed by atoms with E-state index in [1.54, 1.807) is 0 Å². The molecule has 1 fully saturated rings. The first-order valence-corrected chi connectivity index (χ1v) is 6.61. The Morgan fingerprint density at radius 2 is 1.53 bits per heavy atom. The summed E-state index contributed by atoms with van der Waals surface area (Å²) in [5.41, 5.74) is 0. The molecule has 0 aromatic rings. The molecule has 1 saturated carbocycles. The largest absolute Gasteiger partial charge is 0.349 e. The van der Waals surface area contributed by atoms with E-state index in [0.29, 0.717) is 0 Å². The van der Waals surface area contributed by atoms with E-state index in [1.807, 2.05) is 28.2 Å². The third-order valence-corrected chi connectivity index (χ3v) is 3.45. The molecule has 0 heterocycles. The molecule has 0 unspecified atom stereocenters. The lowest BCUT2D eigenvalue weighted by Gasteiger charge is -2.25. The third-order valence-electron chi connectivity index (χ3n) is 3.45. The molecule has 0 aliphatic heterocycles. The molecule has 0 aromatic carbocycles. The van der Waals surface area contributed by atoms with Gasteiger partial charge in [0, 0.05) is 40.8 Å². The zero-order valence-electron chi connectivity index (χ0n) is 12.1. The molecule has 0 spiro atoms. The van der Waals surface area contributed by atoms with Crippen LogP contribution in [0, 0.1) is 0 Å². The van der Waals surface area contributed by atoms with Gasteiger partial charge in [-0.05, 0) is 19.9 Å². The summed E-state index contributed by atoms with van der Waals surface area (Å²) in [7, 11) is 10.4. The summed E-state index contributed by atoms with van der Waals surface area (Å²) in [6.07, 6.45) is 5.54.